The van der Waals surface area contributed by atoms with Gasteiger partial charge in [0.15, 0.2) is 17.4 Å². The fourth-order valence-corrected chi connectivity index (χ4v) is 3.11. The summed E-state index contributed by atoms with van der Waals surface area (Å²) in [6, 6.07) is 4.98. The molecule has 1 aromatic carbocycles. The quantitative estimate of drug-likeness (QED) is 0.547. The van der Waals surface area contributed by atoms with Gasteiger partial charge in [-0.1, -0.05) is 0 Å². The highest BCUT2D eigenvalue weighted by atomic mass is 19.4. The number of likely N-dealkylation sites (N-methyl/N-ethyl adjacent to an activating group) is 1. The molecule has 0 radical (unpaired) electrons. The fourth-order valence-electron chi connectivity index (χ4n) is 3.11. The molecular formula is C20H15F5N4O3. The van der Waals surface area contributed by atoms with Crippen LogP contribution in [0.2, 0.25) is 0 Å². The van der Waals surface area contributed by atoms with E-state index in [2.05, 4.69) is 9.97 Å². The first kappa shape index (κ1) is 21.5. The van der Waals surface area contributed by atoms with Crippen molar-refractivity contribution < 1.29 is 31.4 Å². The number of hydrogen-bond acceptors (Lipinski definition) is 6. The van der Waals surface area contributed by atoms with Crippen LogP contribution in [0, 0.1) is 11.6 Å². The zero-order valence-corrected chi connectivity index (χ0v) is 16.5. The highest BCUT2D eigenvalue weighted by molar-refractivity contribution is 5.44. The lowest BCUT2D eigenvalue weighted by molar-refractivity contribution is -0.141. The van der Waals surface area contributed by atoms with Crippen molar-refractivity contribution in [3.8, 4) is 17.4 Å². The summed E-state index contributed by atoms with van der Waals surface area (Å²) in [4.78, 5) is 20.8. The molecule has 0 unspecified atom stereocenters. The lowest BCUT2D eigenvalue weighted by atomic mass is 10.2. The maximum Gasteiger partial charge on any atom is 0.433 e. The van der Waals surface area contributed by atoms with E-state index in [1.807, 2.05) is 4.90 Å². The second-order valence-electron chi connectivity index (χ2n) is 6.96. The lowest BCUT2D eigenvalue weighted by Gasteiger charge is -2.13. The highest BCUT2D eigenvalue weighted by Crippen LogP contribution is 2.32. The number of aromatic nitrogens is 3. The van der Waals surface area contributed by atoms with Crippen LogP contribution >= 0.6 is 0 Å². The third-order valence-electron chi connectivity index (χ3n) is 4.71. The van der Waals surface area contributed by atoms with Crippen molar-refractivity contribution in [3.05, 3.63) is 69.9 Å². The predicted octanol–water partition coefficient (Wildman–Crippen LogP) is 3.76. The first-order valence-corrected chi connectivity index (χ1v) is 9.26. The average Bonchev–Trinajstić information content (AvgIpc) is 3.10. The van der Waals surface area contributed by atoms with Gasteiger partial charge < -0.3 is 14.4 Å². The van der Waals surface area contributed by atoms with E-state index in [1.54, 1.807) is 13.1 Å². The van der Waals surface area contributed by atoms with Crippen LogP contribution in [0.4, 0.5) is 27.8 Å². The molecule has 0 atom stereocenters. The van der Waals surface area contributed by atoms with Crippen molar-refractivity contribution in [2.75, 3.05) is 18.5 Å². The fraction of sp³-hybridized carbons (Fsp3) is 0.250. The maximum absolute atomic E-state index is 14.4. The number of pyridine rings is 1. The SMILES string of the molecule is CN1CCn2c1cc(OCc1cc(F)c(Oc3ccc(C(F)(F)F)nc3)c(F)c1)nc2=O. The number of benzene rings is 1. The minimum atomic E-state index is -4.65. The molecule has 0 bridgehead atoms. The summed E-state index contributed by atoms with van der Waals surface area (Å²) in [5, 5.41) is 0. The number of anilines is 1. The van der Waals surface area contributed by atoms with Gasteiger partial charge in [-0.2, -0.15) is 18.2 Å². The topological polar surface area (TPSA) is 69.5 Å². The van der Waals surface area contributed by atoms with Crippen LogP contribution in [0.5, 0.6) is 17.4 Å². The van der Waals surface area contributed by atoms with Gasteiger partial charge in [0, 0.05) is 26.2 Å². The first-order valence-electron chi connectivity index (χ1n) is 9.26. The summed E-state index contributed by atoms with van der Waals surface area (Å²) in [7, 11) is 1.80. The van der Waals surface area contributed by atoms with Gasteiger partial charge in [-0.3, -0.25) is 4.57 Å². The molecule has 3 heterocycles. The molecule has 32 heavy (non-hydrogen) atoms. The van der Waals surface area contributed by atoms with E-state index < -0.39 is 34.9 Å². The van der Waals surface area contributed by atoms with E-state index in [9.17, 15) is 26.7 Å². The summed E-state index contributed by atoms with van der Waals surface area (Å²) in [6.07, 6.45) is -3.93. The number of fused-ring (bicyclic) bond motifs is 1. The van der Waals surface area contributed by atoms with Crippen LogP contribution in [-0.4, -0.2) is 28.1 Å². The van der Waals surface area contributed by atoms with Crippen molar-refractivity contribution in [2.45, 2.75) is 19.3 Å². The van der Waals surface area contributed by atoms with Gasteiger partial charge in [0.1, 0.15) is 23.9 Å². The van der Waals surface area contributed by atoms with Crippen molar-refractivity contribution in [1.29, 1.82) is 0 Å². The predicted molar refractivity (Wildman–Crippen MR) is 102 cm³/mol. The molecule has 3 aromatic rings. The molecule has 1 aliphatic rings. The van der Waals surface area contributed by atoms with Crippen LogP contribution in [0.25, 0.3) is 0 Å². The number of ether oxygens (including phenoxy) is 2. The second kappa shape index (κ2) is 8.09. The molecule has 0 amide bonds. The van der Waals surface area contributed by atoms with Crippen molar-refractivity contribution in [2.24, 2.45) is 0 Å². The summed E-state index contributed by atoms with van der Waals surface area (Å²) in [6.45, 7) is 0.868. The van der Waals surface area contributed by atoms with E-state index >= 15 is 0 Å². The molecule has 2 aromatic heterocycles. The second-order valence-corrected chi connectivity index (χ2v) is 6.96. The molecule has 7 nitrogen and oxygen atoms in total. The molecule has 0 saturated heterocycles. The van der Waals surface area contributed by atoms with Gasteiger partial charge in [-0.15, -0.1) is 0 Å². The van der Waals surface area contributed by atoms with Gasteiger partial charge in [-0.25, -0.2) is 18.6 Å². The van der Waals surface area contributed by atoms with Crippen LogP contribution in [0.1, 0.15) is 11.3 Å². The van der Waals surface area contributed by atoms with Gasteiger partial charge in [-0.05, 0) is 29.8 Å². The van der Waals surface area contributed by atoms with Crippen molar-refractivity contribution >= 4 is 5.82 Å². The molecule has 0 fully saturated rings. The molecule has 0 N–H and O–H groups in total. The molecular weight excluding hydrogens is 439 g/mol. The molecule has 4 rings (SSSR count). The average molecular weight is 454 g/mol. The normalized spacial score (nSPS) is 13.2. The van der Waals surface area contributed by atoms with Gasteiger partial charge in [0.2, 0.25) is 5.88 Å². The highest BCUT2D eigenvalue weighted by Gasteiger charge is 2.32. The molecule has 0 aliphatic carbocycles. The summed E-state index contributed by atoms with van der Waals surface area (Å²) < 4.78 is 78.4. The van der Waals surface area contributed by atoms with Crippen molar-refractivity contribution in [3.63, 3.8) is 0 Å². The van der Waals surface area contributed by atoms with E-state index in [0.29, 0.717) is 31.2 Å². The van der Waals surface area contributed by atoms with Crippen LogP contribution in [0.3, 0.4) is 0 Å². The Morgan fingerprint density at radius 3 is 2.44 bits per heavy atom. The zero-order valence-electron chi connectivity index (χ0n) is 16.5. The van der Waals surface area contributed by atoms with Gasteiger partial charge in [0.25, 0.3) is 0 Å². The largest absolute Gasteiger partial charge is 0.473 e. The maximum atomic E-state index is 14.4. The molecule has 168 valence electrons. The summed E-state index contributed by atoms with van der Waals surface area (Å²) in [5.41, 5.74) is -1.56. The number of halogens is 5. The van der Waals surface area contributed by atoms with Gasteiger partial charge in [0.05, 0.1) is 6.20 Å². The summed E-state index contributed by atoms with van der Waals surface area (Å²) >= 11 is 0. The summed E-state index contributed by atoms with van der Waals surface area (Å²) in [5.74, 6) is -2.63. The zero-order chi connectivity index (χ0) is 23.0. The van der Waals surface area contributed by atoms with Crippen LogP contribution in [-0.2, 0) is 19.3 Å². The Kier molecular flexibility index (Phi) is 5.45. The Morgan fingerprint density at radius 1 is 1.09 bits per heavy atom. The molecule has 1 aliphatic heterocycles. The monoisotopic (exact) mass is 454 g/mol. The number of nitrogens with zero attached hydrogens (tertiary/aromatic N) is 4. The minimum Gasteiger partial charge on any atom is -0.473 e. The van der Waals surface area contributed by atoms with Crippen molar-refractivity contribution in [1.82, 2.24) is 14.5 Å². The Balaban J connectivity index is 1.48. The third kappa shape index (κ3) is 4.34. The van der Waals surface area contributed by atoms with Crippen LogP contribution < -0.4 is 20.1 Å². The first-order chi connectivity index (χ1) is 15.1. The number of hydrogen-bond donors (Lipinski definition) is 0. The Morgan fingerprint density at radius 2 is 1.81 bits per heavy atom. The standard InChI is InChI=1S/C20H15F5N4O3/c1-28-4-5-29-17(28)8-16(27-19(29)30)31-10-11-6-13(21)18(14(22)7-11)32-12-2-3-15(26-9-12)20(23,24)25/h2-3,6-9H,4-5,10H2,1H3. The minimum absolute atomic E-state index is 0.00646. The molecule has 12 heteroatoms. The Hall–Kier alpha value is -3.70. The van der Waals surface area contributed by atoms with E-state index in [1.165, 1.54) is 4.57 Å². The Bertz CT molecular complexity index is 1190. The molecule has 0 saturated carbocycles. The van der Waals surface area contributed by atoms with Crippen LogP contribution in [0.15, 0.2) is 41.3 Å². The molecule has 0 spiro atoms. The smallest absolute Gasteiger partial charge is 0.433 e. The third-order valence-corrected chi connectivity index (χ3v) is 4.71. The lowest BCUT2D eigenvalue weighted by Crippen LogP contribution is -2.22. The van der Waals surface area contributed by atoms with Gasteiger partial charge >= 0.3 is 11.9 Å². The van der Waals surface area contributed by atoms with E-state index in [-0.39, 0.29) is 23.8 Å². The Labute approximate surface area is 177 Å². The number of alkyl halides is 3. The number of rotatable bonds is 5. The van der Waals surface area contributed by atoms with E-state index in [0.717, 1.165) is 18.2 Å². The van der Waals surface area contributed by atoms with E-state index in [4.69, 9.17) is 9.47 Å².